The van der Waals surface area contributed by atoms with E-state index in [-0.39, 0.29) is 0 Å². The molecule has 0 saturated carbocycles. The van der Waals surface area contributed by atoms with Crippen molar-refractivity contribution in [1.29, 1.82) is 0 Å². The van der Waals surface area contributed by atoms with Crippen molar-refractivity contribution in [2.24, 2.45) is 19.8 Å². The minimum absolute atomic E-state index is 0.381. The van der Waals surface area contributed by atoms with Crippen molar-refractivity contribution < 1.29 is 9.53 Å². The van der Waals surface area contributed by atoms with Gasteiger partial charge in [-0.25, -0.2) is 24.7 Å². The van der Waals surface area contributed by atoms with E-state index in [1.807, 2.05) is 97.5 Å². The van der Waals surface area contributed by atoms with Crippen LogP contribution in [-0.2, 0) is 31.9 Å². The highest BCUT2D eigenvalue weighted by Gasteiger charge is 2.16. The third-order valence-corrected chi connectivity index (χ3v) is 7.31. The molecule has 0 atom stereocenters. The molecule has 0 bridgehead atoms. The summed E-state index contributed by atoms with van der Waals surface area (Å²) in [5, 5.41) is 17.2. The number of carbonyl (C=O) groups is 1. The van der Waals surface area contributed by atoms with Gasteiger partial charge in [0.05, 0.1) is 23.8 Å². The number of aromatic nitrogens is 10. The number of carbonyl (C=O) groups excluding carboxylic acids is 1. The number of hydrogen-bond donors (Lipinski definition) is 4. The van der Waals surface area contributed by atoms with Crippen LogP contribution in [0.4, 0.5) is 28.1 Å². The molecule has 0 aliphatic rings. The van der Waals surface area contributed by atoms with Gasteiger partial charge in [-0.05, 0) is 69.0 Å². The molecule has 16 nitrogen and oxygen atoms in total. The van der Waals surface area contributed by atoms with Gasteiger partial charge in [0.1, 0.15) is 18.3 Å². The molecule has 4 heterocycles. The number of nitrogens with one attached hydrogen (secondary N) is 3. The highest BCUT2D eigenvalue weighted by molar-refractivity contribution is 5.68. The molecule has 51 heavy (non-hydrogen) atoms. The van der Waals surface area contributed by atoms with Gasteiger partial charge in [-0.2, -0.15) is 20.2 Å². The van der Waals surface area contributed by atoms with Crippen LogP contribution in [0.5, 0.6) is 0 Å². The molecular weight excluding hydrogens is 648 g/mol. The molecule has 0 aliphatic heterocycles. The van der Waals surface area contributed by atoms with Crippen molar-refractivity contribution in [3.8, 4) is 22.8 Å². The third-order valence-electron chi connectivity index (χ3n) is 7.31. The fourth-order valence-electron chi connectivity index (χ4n) is 4.80. The fourth-order valence-corrected chi connectivity index (χ4v) is 4.80. The molecule has 16 heteroatoms. The molecule has 6 aromatic rings. The molecule has 0 unspecified atom stereocenters. The molecule has 2 aromatic carbocycles. The largest absolute Gasteiger partial charge is 0.444 e. The lowest BCUT2D eigenvalue weighted by molar-refractivity contribution is 0.0523. The van der Waals surface area contributed by atoms with Crippen molar-refractivity contribution in [1.82, 2.24) is 54.8 Å². The molecule has 0 radical (unpaired) electrons. The lowest BCUT2D eigenvalue weighted by Crippen LogP contribution is -2.32. The number of nitrogens with zero attached hydrogens (tertiary/aromatic N) is 10. The Labute approximate surface area is 296 Å². The van der Waals surface area contributed by atoms with E-state index < -0.39 is 11.7 Å². The zero-order chi connectivity index (χ0) is 36.5. The van der Waals surface area contributed by atoms with E-state index in [0.29, 0.717) is 36.6 Å². The zero-order valence-electron chi connectivity index (χ0n) is 29.7. The quantitative estimate of drug-likeness (QED) is 0.156. The monoisotopic (exact) mass is 690 g/mol. The lowest BCUT2D eigenvalue weighted by atomic mass is 10.0. The summed E-state index contributed by atoms with van der Waals surface area (Å²) in [5.41, 5.74) is 12.8. The van der Waals surface area contributed by atoms with Gasteiger partial charge in [-0.15, -0.1) is 0 Å². The summed E-state index contributed by atoms with van der Waals surface area (Å²) in [6.07, 6.45) is 9.61. The summed E-state index contributed by atoms with van der Waals surface area (Å²) in [7, 11) is 3.69. The Morgan fingerprint density at radius 3 is 1.67 bits per heavy atom. The Morgan fingerprint density at radius 1 is 0.765 bits per heavy atom. The molecule has 0 aliphatic carbocycles. The molecule has 0 spiro atoms. The van der Waals surface area contributed by atoms with Crippen LogP contribution in [0.1, 0.15) is 43.0 Å². The number of rotatable bonds is 9. The van der Waals surface area contributed by atoms with Gasteiger partial charge in [-0.3, -0.25) is 9.36 Å². The van der Waals surface area contributed by atoms with Gasteiger partial charge in [0.15, 0.2) is 11.6 Å². The van der Waals surface area contributed by atoms with Crippen molar-refractivity contribution in [3.63, 3.8) is 0 Å². The summed E-state index contributed by atoms with van der Waals surface area (Å²) in [6, 6.07) is 11.9. The maximum Gasteiger partial charge on any atom is 0.407 e. The summed E-state index contributed by atoms with van der Waals surface area (Å²) in [4.78, 5) is 37.6. The first-order valence-electron chi connectivity index (χ1n) is 16.1. The van der Waals surface area contributed by atoms with E-state index >= 15 is 0 Å². The van der Waals surface area contributed by atoms with E-state index in [1.54, 1.807) is 21.8 Å². The molecule has 1 amide bonds. The van der Waals surface area contributed by atoms with E-state index in [1.165, 1.54) is 12.7 Å². The standard InChI is InChI=1S/C20H25N7O2.C15H17N7/c1-13-8-14(6-7-15(13)9-21-19(28)29-20(2,3)4)17-22-12-23-18(26-17)25-16-10-24-27(5)11-16;1-10-5-11(3-4-12(10)6-16)14-17-9-18-15(21-14)20-13-7-19-22(2)8-13/h6-8,10-12H,9H2,1-5H3,(H,21,28)(H,22,23,25,26);3-5,7-9H,6,16H2,1-2H3,(H,17,18,20,21). The van der Waals surface area contributed by atoms with E-state index in [4.69, 9.17) is 10.5 Å². The van der Waals surface area contributed by atoms with Crippen LogP contribution in [0.15, 0.2) is 73.8 Å². The Morgan fingerprint density at radius 2 is 1.25 bits per heavy atom. The van der Waals surface area contributed by atoms with E-state index in [2.05, 4.69) is 56.1 Å². The topological polar surface area (TPSA) is 201 Å². The van der Waals surface area contributed by atoms with Crippen LogP contribution in [0.2, 0.25) is 0 Å². The third kappa shape index (κ3) is 10.4. The number of benzene rings is 2. The molecule has 4 aromatic heterocycles. The second-order valence-corrected chi connectivity index (χ2v) is 12.7. The first-order valence-corrected chi connectivity index (χ1v) is 16.1. The average Bonchev–Trinajstić information content (AvgIpc) is 3.70. The van der Waals surface area contributed by atoms with Gasteiger partial charge in [0, 0.05) is 50.7 Å². The zero-order valence-corrected chi connectivity index (χ0v) is 29.7. The number of hydrogen-bond acceptors (Lipinski definition) is 13. The molecular formula is C35H42N14O2. The predicted molar refractivity (Wildman–Crippen MR) is 194 cm³/mol. The fraction of sp³-hybridized carbons (Fsp3) is 0.286. The molecule has 264 valence electrons. The molecule has 0 fully saturated rings. The van der Waals surface area contributed by atoms with Crippen LogP contribution < -0.4 is 21.7 Å². The number of ether oxygens (including phenoxy) is 1. The Balaban J connectivity index is 0.000000205. The van der Waals surface area contributed by atoms with Crippen LogP contribution in [0, 0.1) is 13.8 Å². The van der Waals surface area contributed by atoms with Crippen LogP contribution in [-0.4, -0.2) is 61.2 Å². The first kappa shape index (κ1) is 36.0. The summed E-state index contributed by atoms with van der Waals surface area (Å²) < 4.78 is 8.67. The smallest absolute Gasteiger partial charge is 0.407 e. The van der Waals surface area contributed by atoms with E-state index in [0.717, 1.165) is 44.8 Å². The minimum atomic E-state index is -0.525. The van der Waals surface area contributed by atoms with Gasteiger partial charge < -0.3 is 26.4 Å². The van der Waals surface area contributed by atoms with Gasteiger partial charge >= 0.3 is 6.09 Å². The summed E-state index contributed by atoms with van der Waals surface area (Å²) >= 11 is 0. The normalized spacial score (nSPS) is 11.0. The number of amides is 1. The van der Waals surface area contributed by atoms with Gasteiger partial charge in [0.25, 0.3) is 0 Å². The Hall–Kier alpha value is -6.29. The van der Waals surface area contributed by atoms with Crippen molar-refractivity contribution >= 4 is 29.4 Å². The average molecular weight is 691 g/mol. The van der Waals surface area contributed by atoms with Crippen LogP contribution >= 0.6 is 0 Å². The predicted octanol–water partition coefficient (Wildman–Crippen LogP) is 5.13. The highest BCUT2D eigenvalue weighted by atomic mass is 16.6. The minimum Gasteiger partial charge on any atom is -0.444 e. The maximum absolute atomic E-state index is 11.8. The molecule has 6 rings (SSSR count). The Kier molecular flexibility index (Phi) is 11.3. The SMILES string of the molecule is Cc1cc(-c2ncnc(Nc3cnn(C)c3)n2)ccc1CN.Cc1cc(-c2ncnc(Nc3cnn(C)c3)n2)ccc1CNC(=O)OC(C)(C)C. The number of anilines is 4. The Bertz CT molecular complexity index is 2100. The first-order chi connectivity index (χ1) is 24.3. The lowest BCUT2D eigenvalue weighted by Gasteiger charge is -2.20. The number of alkyl carbamates (subject to hydrolysis) is 1. The van der Waals surface area contributed by atoms with Gasteiger partial charge in [-0.1, -0.05) is 24.3 Å². The van der Waals surface area contributed by atoms with Crippen LogP contribution in [0.3, 0.4) is 0 Å². The van der Waals surface area contributed by atoms with Crippen molar-refractivity contribution in [3.05, 3.63) is 96.1 Å². The highest BCUT2D eigenvalue weighted by Crippen LogP contribution is 2.22. The molecule has 0 saturated heterocycles. The van der Waals surface area contributed by atoms with Crippen LogP contribution in [0.25, 0.3) is 22.8 Å². The van der Waals surface area contributed by atoms with Crippen molar-refractivity contribution in [2.45, 2.75) is 53.3 Å². The van der Waals surface area contributed by atoms with Crippen molar-refractivity contribution in [2.75, 3.05) is 10.6 Å². The summed E-state index contributed by atoms with van der Waals surface area (Å²) in [5.74, 6) is 2.10. The summed E-state index contributed by atoms with van der Waals surface area (Å²) in [6.45, 7) is 10.4. The molecule has 5 N–H and O–H groups in total. The second kappa shape index (κ2) is 15.9. The maximum atomic E-state index is 11.8. The van der Waals surface area contributed by atoms with Gasteiger partial charge in [0.2, 0.25) is 11.9 Å². The number of nitrogens with two attached hydrogens (primary N) is 1. The number of aryl methyl sites for hydroxylation is 4. The van der Waals surface area contributed by atoms with E-state index in [9.17, 15) is 4.79 Å². The second-order valence-electron chi connectivity index (χ2n) is 12.7.